The van der Waals surface area contributed by atoms with Crippen LogP contribution in [-0.2, 0) is 23.8 Å². The van der Waals surface area contributed by atoms with Crippen molar-refractivity contribution in [1.29, 1.82) is 0 Å². The number of hydrogen-bond acceptors (Lipinski definition) is 7. The zero-order valence-corrected chi connectivity index (χ0v) is 20.7. The van der Waals surface area contributed by atoms with Gasteiger partial charge in [0, 0.05) is 0 Å². The molecule has 0 aliphatic carbocycles. The summed E-state index contributed by atoms with van der Waals surface area (Å²) in [5.74, 6) is 0.0362. The van der Waals surface area contributed by atoms with Crippen LogP contribution >= 0.6 is 7.82 Å². The van der Waals surface area contributed by atoms with Gasteiger partial charge >= 0.3 is 7.82 Å². The van der Waals surface area contributed by atoms with E-state index in [1.807, 2.05) is 20.8 Å². The summed E-state index contributed by atoms with van der Waals surface area (Å²) in [5.41, 5.74) is 3.16. The summed E-state index contributed by atoms with van der Waals surface area (Å²) in [5, 5.41) is 0. The van der Waals surface area contributed by atoms with Gasteiger partial charge < -0.3 is 13.6 Å². The van der Waals surface area contributed by atoms with E-state index in [0.29, 0.717) is 43.7 Å². The zero-order chi connectivity index (χ0) is 25.4. The highest BCUT2D eigenvalue weighted by molar-refractivity contribution is 7.49. The Hall–Kier alpha value is -3.70. The third-order valence-corrected chi connectivity index (χ3v) is 6.80. The van der Waals surface area contributed by atoms with Crippen LogP contribution in [0.25, 0.3) is 0 Å². The maximum Gasteiger partial charge on any atom is 0.647 e. The van der Waals surface area contributed by atoms with Gasteiger partial charge in [0.2, 0.25) is 0 Å². The summed E-state index contributed by atoms with van der Waals surface area (Å²) in [6.45, 7) is 5.89. The molecule has 0 spiro atoms. The summed E-state index contributed by atoms with van der Waals surface area (Å²) in [7, 11) is -4.58. The second-order valence-electron chi connectivity index (χ2n) is 7.62. The van der Waals surface area contributed by atoms with E-state index < -0.39 is 7.82 Å². The van der Waals surface area contributed by atoms with Crippen LogP contribution in [0.1, 0.15) is 68.5 Å². The summed E-state index contributed by atoms with van der Waals surface area (Å²) < 4.78 is 31.5. The third kappa shape index (κ3) is 5.69. The smallest absolute Gasteiger partial charge is 0.385 e. The SMILES string of the molecule is CCc1cc(C=O)c(OP(=O)(Oc2ccccc2C=O)Oc2ccccc2C=O)c(CC)c1CC. The van der Waals surface area contributed by atoms with Gasteiger partial charge in [-0.05, 0) is 66.3 Å². The third-order valence-electron chi connectivity index (χ3n) is 5.55. The fourth-order valence-electron chi connectivity index (χ4n) is 3.90. The van der Waals surface area contributed by atoms with Crippen molar-refractivity contribution in [2.45, 2.75) is 40.0 Å². The van der Waals surface area contributed by atoms with Gasteiger partial charge in [0.1, 0.15) is 17.2 Å². The van der Waals surface area contributed by atoms with Crippen LogP contribution in [-0.4, -0.2) is 18.9 Å². The predicted octanol–water partition coefficient (Wildman–Crippen LogP) is 6.46. The molecule has 0 radical (unpaired) electrons. The number of carbonyl (C=O) groups excluding carboxylic acids is 3. The molecule has 35 heavy (non-hydrogen) atoms. The van der Waals surface area contributed by atoms with Gasteiger partial charge in [0.15, 0.2) is 18.9 Å². The topological polar surface area (TPSA) is 96.0 Å². The number of rotatable bonds is 12. The molecule has 0 fully saturated rings. The first-order valence-corrected chi connectivity index (χ1v) is 12.8. The molecule has 3 aromatic rings. The molecule has 0 saturated carbocycles. The Kier molecular flexibility index (Phi) is 8.61. The molecule has 3 aromatic carbocycles. The second kappa shape index (κ2) is 11.6. The summed E-state index contributed by atoms with van der Waals surface area (Å²) >= 11 is 0. The van der Waals surface area contributed by atoms with Gasteiger partial charge in [0.25, 0.3) is 0 Å². The number of carbonyl (C=O) groups is 3. The van der Waals surface area contributed by atoms with E-state index in [4.69, 9.17) is 13.6 Å². The number of phosphoric ester groups is 1. The maximum atomic E-state index is 14.1. The second-order valence-corrected chi connectivity index (χ2v) is 9.06. The monoisotopic (exact) mass is 494 g/mol. The van der Waals surface area contributed by atoms with Crippen LogP contribution in [0.2, 0.25) is 0 Å². The minimum Gasteiger partial charge on any atom is -0.385 e. The van der Waals surface area contributed by atoms with Crippen LogP contribution in [0.15, 0.2) is 54.6 Å². The lowest BCUT2D eigenvalue weighted by molar-refractivity contribution is 0.111. The van der Waals surface area contributed by atoms with Crippen molar-refractivity contribution in [1.82, 2.24) is 0 Å². The molecule has 182 valence electrons. The molecule has 0 unspecified atom stereocenters. The van der Waals surface area contributed by atoms with Crippen LogP contribution in [0.3, 0.4) is 0 Å². The molecular formula is C27H27O7P. The standard InChI is InChI=1S/C27H27O7P/c1-4-19-15-22(18-30)27(24(6-3)23(19)5-2)34-35(31,32-25-13-9-7-11-20(25)16-28)33-26-14-10-8-12-21(26)17-29/h7-18H,4-6H2,1-3H3. The number of aryl methyl sites for hydroxylation is 1. The summed E-state index contributed by atoms with van der Waals surface area (Å²) in [6, 6.07) is 14.1. The van der Waals surface area contributed by atoms with Crippen molar-refractivity contribution in [3.8, 4) is 17.2 Å². The molecule has 0 atom stereocenters. The van der Waals surface area contributed by atoms with E-state index in [9.17, 15) is 18.9 Å². The van der Waals surface area contributed by atoms with E-state index >= 15 is 0 Å². The van der Waals surface area contributed by atoms with Crippen molar-refractivity contribution in [2.75, 3.05) is 0 Å². The molecule has 0 bridgehead atoms. The molecule has 0 aliphatic heterocycles. The highest BCUT2D eigenvalue weighted by Gasteiger charge is 2.37. The molecular weight excluding hydrogens is 467 g/mol. The highest BCUT2D eigenvalue weighted by atomic mass is 31.2. The Labute approximate surface area is 204 Å². The van der Waals surface area contributed by atoms with Gasteiger partial charge in [-0.15, -0.1) is 0 Å². The predicted molar refractivity (Wildman–Crippen MR) is 133 cm³/mol. The molecule has 8 heteroatoms. The molecule has 0 aliphatic rings. The summed E-state index contributed by atoms with van der Waals surface area (Å²) in [6.07, 6.45) is 3.63. The molecule has 3 rings (SSSR count). The Morgan fingerprint density at radius 2 is 1.14 bits per heavy atom. The first-order valence-electron chi connectivity index (χ1n) is 11.3. The van der Waals surface area contributed by atoms with Gasteiger partial charge in [-0.2, -0.15) is 4.57 Å². The van der Waals surface area contributed by atoms with E-state index in [0.717, 1.165) is 11.1 Å². The lowest BCUT2D eigenvalue weighted by Crippen LogP contribution is -2.13. The minimum atomic E-state index is -4.58. The lowest BCUT2D eigenvalue weighted by atomic mass is 9.92. The zero-order valence-electron chi connectivity index (χ0n) is 19.9. The van der Waals surface area contributed by atoms with Crippen molar-refractivity contribution in [2.24, 2.45) is 0 Å². The van der Waals surface area contributed by atoms with Crippen molar-refractivity contribution < 1.29 is 32.5 Å². The van der Waals surface area contributed by atoms with Crippen LogP contribution in [0.4, 0.5) is 0 Å². The molecule has 0 amide bonds. The van der Waals surface area contributed by atoms with Gasteiger partial charge in [-0.3, -0.25) is 14.4 Å². The molecule has 0 aromatic heterocycles. The number of benzene rings is 3. The largest absolute Gasteiger partial charge is 0.647 e. The number of para-hydroxylation sites is 2. The van der Waals surface area contributed by atoms with Gasteiger partial charge in [-0.1, -0.05) is 45.0 Å². The quantitative estimate of drug-likeness (QED) is 0.211. The average molecular weight is 494 g/mol. The van der Waals surface area contributed by atoms with E-state index in [1.165, 1.54) is 24.3 Å². The first kappa shape index (κ1) is 25.9. The Bertz CT molecular complexity index is 1230. The van der Waals surface area contributed by atoms with Gasteiger partial charge in [0.05, 0.1) is 16.7 Å². The van der Waals surface area contributed by atoms with Crippen LogP contribution in [0, 0.1) is 0 Å². The summed E-state index contributed by atoms with van der Waals surface area (Å²) in [4.78, 5) is 35.1. The van der Waals surface area contributed by atoms with Crippen molar-refractivity contribution in [3.63, 3.8) is 0 Å². The highest BCUT2D eigenvalue weighted by Crippen LogP contribution is 2.52. The number of hydrogen-bond donors (Lipinski definition) is 0. The first-order chi connectivity index (χ1) is 16.9. The molecule has 0 saturated heterocycles. The van der Waals surface area contributed by atoms with E-state index in [2.05, 4.69) is 0 Å². The Morgan fingerprint density at radius 3 is 1.57 bits per heavy atom. The van der Waals surface area contributed by atoms with E-state index in [1.54, 1.807) is 30.3 Å². The fraction of sp³-hybridized carbons (Fsp3) is 0.222. The lowest BCUT2D eigenvalue weighted by Gasteiger charge is -2.24. The maximum absolute atomic E-state index is 14.1. The van der Waals surface area contributed by atoms with Crippen LogP contribution in [0.5, 0.6) is 17.2 Å². The molecule has 0 N–H and O–H groups in total. The van der Waals surface area contributed by atoms with Crippen LogP contribution < -0.4 is 13.6 Å². The van der Waals surface area contributed by atoms with Gasteiger partial charge in [-0.25, -0.2) is 0 Å². The molecule has 0 heterocycles. The number of aldehydes is 3. The number of phosphoric acid groups is 1. The van der Waals surface area contributed by atoms with E-state index in [-0.39, 0.29) is 33.9 Å². The average Bonchev–Trinajstić information content (AvgIpc) is 2.88. The van der Waals surface area contributed by atoms with Crippen molar-refractivity contribution >= 4 is 26.7 Å². The molecule has 7 nitrogen and oxygen atoms in total. The fourth-order valence-corrected chi connectivity index (χ4v) is 5.27. The minimum absolute atomic E-state index is 0.0268. The Balaban J connectivity index is 2.20. The van der Waals surface area contributed by atoms with Crippen molar-refractivity contribution in [3.05, 3.63) is 88.0 Å². The normalized spacial score (nSPS) is 10.9. The Morgan fingerprint density at radius 1 is 0.657 bits per heavy atom.